The van der Waals surface area contributed by atoms with Crippen LogP contribution in [0.1, 0.15) is 18.4 Å². The molecule has 5 heteroatoms. The lowest BCUT2D eigenvalue weighted by molar-refractivity contribution is 0.0539. The summed E-state index contributed by atoms with van der Waals surface area (Å²) in [5.74, 6) is 0.107. The summed E-state index contributed by atoms with van der Waals surface area (Å²) >= 11 is 0. The molecule has 0 radical (unpaired) electrons. The summed E-state index contributed by atoms with van der Waals surface area (Å²) in [5, 5.41) is 10.2. The van der Waals surface area contributed by atoms with Crippen molar-refractivity contribution in [2.45, 2.75) is 25.4 Å². The van der Waals surface area contributed by atoms with E-state index in [1.165, 1.54) is 12.1 Å². The van der Waals surface area contributed by atoms with Crippen molar-refractivity contribution in [3.8, 4) is 5.75 Å². The van der Waals surface area contributed by atoms with E-state index in [1.807, 2.05) is 6.07 Å². The van der Waals surface area contributed by atoms with Gasteiger partial charge in [-0.2, -0.15) is 0 Å². The van der Waals surface area contributed by atoms with E-state index < -0.39 is 11.9 Å². The van der Waals surface area contributed by atoms with Gasteiger partial charge in [0.05, 0.1) is 0 Å². The third kappa shape index (κ3) is 5.51. The highest BCUT2D eigenvalue weighted by Gasteiger charge is 2.21. The van der Waals surface area contributed by atoms with Crippen molar-refractivity contribution in [1.82, 2.24) is 4.90 Å². The van der Waals surface area contributed by atoms with Gasteiger partial charge in [-0.3, -0.25) is 0 Å². The van der Waals surface area contributed by atoms with E-state index >= 15 is 0 Å². The molecule has 0 bridgehead atoms. The Kier molecular flexibility index (Phi) is 6.58. The van der Waals surface area contributed by atoms with Crippen molar-refractivity contribution in [3.05, 3.63) is 65.7 Å². The zero-order chi connectivity index (χ0) is 18.4. The number of benzene rings is 2. The van der Waals surface area contributed by atoms with Crippen molar-refractivity contribution in [3.63, 3.8) is 0 Å². The fraction of sp³-hybridized carbons (Fsp3) is 0.429. The second kappa shape index (κ2) is 9.10. The van der Waals surface area contributed by atoms with Crippen molar-refractivity contribution < 1.29 is 18.6 Å². The first-order chi connectivity index (χ1) is 12.6. The van der Waals surface area contributed by atoms with Crippen LogP contribution in [0.15, 0.2) is 48.5 Å². The smallest absolute Gasteiger partial charge is 0.165 e. The van der Waals surface area contributed by atoms with Crippen LogP contribution in [0.3, 0.4) is 0 Å². The Morgan fingerprint density at radius 1 is 1.08 bits per heavy atom. The van der Waals surface area contributed by atoms with Gasteiger partial charge < -0.3 is 14.7 Å². The standard InChI is InChI=1S/C21H25F2NO2/c22-18-5-3-4-17(13-18)12-16-8-10-24(11-9-16)14-19(25)15-26-21-7-2-1-6-20(21)23/h1-7,13,16,19,25H,8-12,14-15H2. The molecule has 1 fully saturated rings. The lowest BCUT2D eigenvalue weighted by Crippen LogP contribution is -2.41. The maximum absolute atomic E-state index is 13.5. The molecule has 0 saturated carbocycles. The molecule has 1 unspecified atom stereocenters. The Morgan fingerprint density at radius 2 is 1.85 bits per heavy atom. The molecule has 2 aromatic carbocycles. The van der Waals surface area contributed by atoms with E-state index in [1.54, 1.807) is 30.3 Å². The van der Waals surface area contributed by atoms with Crippen LogP contribution in [0.4, 0.5) is 8.78 Å². The molecule has 1 heterocycles. The van der Waals surface area contributed by atoms with Gasteiger partial charge in [-0.1, -0.05) is 24.3 Å². The van der Waals surface area contributed by atoms with Crippen LogP contribution >= 0.6 is 0 Å². The first kappa shape index (κ1) is 18.8. The Balaban J connectivity index is 1.38. The molecular weight excluding hydrogens is 336 g/mol. The Bertz CT molecular complexity index is 702. The van der Waals surface area contributed by atoms with E-state index in [2.05, 4.69) is 4.90 Å². The van der Waals surface area contributed by atoms with Crippen LogP contribution in [0, 0.1) is 17.6 Å². The number of halogens is 2. The minimum absolute atomic E-state index is 0.0736. The average molecular weight is 361 g/mol. The number of ether oxygens (including phenoxy) is 1. The van der Waals surface area contributed by atoms with E-state index in [4.69, 9.17) is 4.74 Å². The van der Waals surface area contributed by atoms with E-state index in [0.29, 0.717) is 12.5 Å². The average Bonchev–Trinajstić information content (AvgIpc) is 2.63. The third-order valence-electron chi connectivity index (χ3n) is 4.86. The molecule has 0 aromatic heterocycles. The van der Waals surface area contributed by atoms with Gasteiger partial charge in [0, 0.05) is 6.54 Å². The van der Waals surface area contributed by atoms with Gasteiger partial charge in [-0.25, -0.2) is 8.78 Å². The molecule has 1 saturated heterocycles. The molecule has 3 rings (SSSR count). The maximum atomic E-state index is 13.5. The molecule has 1 aliphatic heterocycles. The minimum Gasteiger partial charge on any atom is -0.488 e. The summed E-state index contributed by atoms with van der Waals surface area (Å²) in [6.45, 7) is 2.39. The number of hydrogen-bond donors (Lipinski definition) is 1. The van der Waals surface area contributed by atoms with Crippen LogP contribution in [0.25, 0.3) is 0 Å². The fourth-order valence-electron chi connectivity index (χ4n) is 3.47. The van der Waals surface area contributed by atoms with Gasteiger partial charge >= 0.3 is 0 Å². The van der Waals surface area contributed by atoms with Crippen molar-refractivity contribution in [2.75, 3.05) is 26.2 Å². The topological polar surface area (TPSA) is 32.7 Å². The molecule has 1 aliphatic rings. The molecule has 26 heavy (non-hydrogen) atoms. The molecule has 0 spiro atoms. The molecular formula is C21H25F2NO2. The zero-order valence-corrected chi connectivity index (χ0v) is 14.8. The first-order valence-electron chi connectivity index (χ1n) is 9.12. The number of hydrogen-bond acceptors (Lipinski definition) is 3. The number of aliphatic hydroxyl groups is 1. The highest BCUT2D eigenvalue weighted by Crippen LogP contribution is 2.22. The Hall–Kier alpha value is -1.98. The predicted molar refractivity (Wildman–Crippen MR) is 97.2 cm³/mol. The van der Waals surface area contributed by atoms with E-state index in [9.17, 15) is 13.9 Å². The molecule has 0 aliphatic carbocycles. The predicted octanol–water partition coefficient (Wildman–Crippen LogP) is 3.66. The molecule has 140 valence electrons. The van der Waals surface area contributed by atoms with Gasteiger partial charge in [-0.15, -0.1) is 0 Å². The summed E-state index contributed by atoms with van der Waals surface area (Å²) in [5.41, 5.74) is 1.04. The van der Waals surface area contributed by atoms with Crippen LogP contribution in [0.5, 0.6) is 5.75 Å². The summed E-state index contributed by atoms with van der Waals surface area (Å²) in [6.07, 6.45) is 2.29. The van der Waals surface area contributed by atoms with Gasteiger partial charge in [0.25, 0.3) is 0 Å². The lowest BCUT2D eigenvalue weighted by Gasteiger charge is -2.33. The third-order valence-corrected chi connectivity index (χ3v) is 4.86. The quantitative estimate of drug-likeness (QED) is 0.817. The molecule has 0 amide bonds. The Morgan fingerprint density at radius 3 is 2.58 bits per heavy atom. The van der Waals surface area contributed by atoms with E-state index in [0.717, 1.165) is 37.9 Å². The monoisotopic (exact) mass is 361 g/mol. The van der Waals surface area contributed by atoms with Crippen molar-refractivity contribution in [2.24, 2.45) is 5.92 Å². The first-order valence-corrected chi connectivity index (χ1v) is 9.12. The number of β-amino-alcohol motifs (C(OH)–C–C–N with tert-alkyl or cyclic N) is 1. The molecule has 2 aromatic rings. The van der Waals surface area contributed by atoms with Crippen LogP contribution < -0.4 is 4.74 Å². The summed E-state index contributed by atoms with van der Waals surface area (Å²) in [7, 11) is 0. The normalized spacial score (nSPS) is 17.2. The highest BCUT2D eigenvalue weighted by molar-refractivity contribution is 5.23. The van der Waals surface area contributed by atoms with Crippen LogP contribution in [-0.2, 0) is 6.42 Å². The summed E-state index contributed by atoms with van der Waals surface area (Å²) in [6, 6.07) is 13.0. The fourth-order valence-corrected chi connectivity index (χ4v) is 3.47. The number of nitrogens with zero attached hydrogens (tertiary/aromatic N) is 1. The summed E-state index contributed by atoms with van der Waals surface area (Å²) in [4.78, 5) is 2.21. The second-order valence-corrected chi connectivity index (χ2v) is 6.97. The molecule has 1 N–H and O–H groups in total. The summed E-state index contributed by atoms with van der Waals surface area (Å²) < 4.78 is 32.1. The SMILES string of the molecule is OC(COc1ccccc1F)CN1CCC(Cc2cccc(F)c2)CC1. The number of aliphatic hydroxyl groups excluding tert-OH is 1. The number of rotatable bonds is 7. The van der Waals surface area contributed by atoms with Gasteiger partial charge in [0.15, 0.2) is 11.6 Å². The Labute approximate surface area is 153 Å². The van der Waals surface area contributed by atoms with Gasteiger partial charge in [-0.05, 0) is 68.1 Å². The lowest BCUT2D eigenvalue weighted by atomic mass is 9.90. The van der Waals surface area contributed by atoms with Crippen molar-refractivity contribution >= 4 is 0 Å². The number of piperidine rings is 1. The van der Waals surface area contributed by atoms with Crippen LogP contribution in [-0.4, -0.2) is 42.4 Å². The van der Waals surface area contributed by atoms with Crippen LogP contribution in [0.2, 0.25) is 0 Å². The molecule has 1 atom stereocenters. The largest absolute Gasteiger partial charge is 0.488 e. The van der Waals surface area contributed by atoms with Gasteiger partial charge in [0.1, 0.15) is 18.5 Å². The van der Waals surface area contributed by atoms with Gasteiger partial charge in [0.2, 0.25) is 0 Å². The number of likely N-dealkylation sites (tertiary alicyclic amines) is 1. The maximum Gasteiger partial charge on any atom is 0.165 e. The minimum atomic E-state index is -0.658. The second-order valence-electron chi connectivity index (χ2n) is 6.97. The van der Waals surface area contributed by atoms with Crippen molar-refractivity contribution in [1.29, 1.82) is 0 Å². The molecule has 3 nitrogen and oxygen atoms in total. The highest BCUT2D eigenvalue weighted by atomic mass is 19.1. The number of para-hydroxylation sites is 1. The zero-order valence-electron chi connectivity index (χ0n) is 14.8. The van der Waals surface area contributed by atoms with E-state index in [-0.39, 0.29) is 18.2 Å².